The van der Waals surface area contributed by atoms with Crippen LogP contribution in [0, 0.1) is 11.8 Å². The Kier molecular flexibility index (Phi) is 10.2. The van der Waals surface area contributed by atoms with Crippen LogP contribution in [0.3, 0.4) is 0 Å². The zero-order valence-corrected chi connectivity index (χ0v) is 19.2. The van der Waals surface area contributed by atoms with Gasteiger partial charge in [-0.05, 0) is 6.07 Å². The number of pyridine rings is 1. The highest BCUT2D eigenvalue weighted by molar-refractivity contribution is 6.30. The minimum atomic E-state index is -5.08. The fraction of sp³-hybridized carbons (Fsp3) is 0.450. The minimum Gasteiger partial charge on any atom is -0.492 e. The number of nitrogens with zero attached hydrogens (tertiary/aromatic N) is 4. The van der Waals surface area contributed by atoms with E-state index >= 15 is 0 Å². The molecule has 3 atom stereocenters. The Hall–Kier alpha value is -3.40. The van der Waals surface area contributed by atoms with E-state index in [1.54, 1.807) is 30.9 Å². The van der Waals surface area contributed by atoms with Crippen LogP contribution in [0.25, 0.3) is 0 Å². The Bertz CT molecular complexity index is 1020. The molecule has 2 aromatic heterocycles. The highest BCUT2D eigenvalue weighted by Crippen LogP contribution is 2.35. The minimum absolute atomic E-state index is 0.227. The van der Waals surface area contributed by atoms with Gasteiger partial charge in [0.05, 0.1) is 30.5 Å². The lowest BCUT2D eigenvalue weighted by Gasteiger charge is -2.19. The van der Waals surface area contributed by atoms with Gasteiger partial charge in [-0.3, -0.25) is 4.98 Å². The van der Waals surface area contributed by atoms with E-state index in [1.165, 1.54) is 0 Å². The molecule has 0 saturated carbocycles. The molecule has 4 heterocycles. The molecule has 0 aliphatic carbocycles. The summed E-state index contributed by atoms with van der Waals surface area (Å²) in [5.74, 6) is -3.26. The first kappa shape index (κ1) is 29.8. The van der Waals surface area contributed by atoms with Crippen molar-refractivity contribution in [3.63, 3.8) is 0 Å². The number of carboxylic acid groups (broad SMARTS) is 2. The van der Waals surface area contributed by atoms with Gasteiger partial charge in [-0.15, -0.1) is 0 Å². The predicted octanol–water partition coefficient (Wildman–Crippen LogP) is 3.32. The van der Waals surface area contributed by atoms with E-state index in [9.17, 15) is 26.3 Å². The van der Waals surface area contributed by atoms with Gasteiger partial charge in [0.2, 0.25) is 5.95 Å². The highest BCUT2D eigenvalue weighted by Gasteiger charge is 2.45. The second-order valence-corrected chi connectivity index (χ2v) is 7.94. The lowest BCUT2D eigenvalue weighted by Crippen LogP contribution is -2.27. The fourth-order valence-electron chi connectivity index (χ4n) is 3.26. The number of anilines is 1. The monoisotopic (exact) mass is 560 g/mol. The summed E-state index contributed by atoms with van der Waals surface area (Å²) in [5, 5.41) is 14.8. The van der Waals surface area contributed by atoms with Crippen LogP contribution < -0.4 is 9.64 Å². The van der Waals surface area contributed by atoms with Gasteiger partial charge in [-0.1, -0.05) is 11.6 Å². The fourth-order valence-corrected chi connectivity index (χ4v) is 3.43. The van der Waals surface area contributed by atoms with Crippen LogP contribution in [0.4, 0.5) is 32.3 Å². The van der Waals surface area contributed by atoms with Crippen LogP contribution in [0.2, 0.25) is 5.02 Å². The first-order valence-corrected chi connectivity index (χ1v) is 10.5. The molecule has 2 aromatic rings. The molecule has 0 unspecified atom stereocenters. The molecule has 204 valence electrons. The van der Waals surface area contributed by atoms with Crippen molar-refractivity contribution in [1.29, 1.82) is 0 Å². The molecule has 2 saturated heterocycles. The van der Waals surface area contributed by atoms with E-state index in [0.717, 1.165) is 25.6 Å². The number of hydrogen-bond acceptors (Lipinski definition) is 8. The maximum absolute atomic E-state index is 10.6. The molecule has 2 aliphatic rings. The van der Waals surface area contributed by atoms with Crippen molar-refractivity contribution >= 4 is 29.5 Å². The average Bonchev–Trinajstić information content (AvgIpc) is 3.39. The zero-order valence-electron chi connectivity index (χ0n) is 18.5. The Morgan fingerprint density at radius 3 is 2.14 bits per heavy atom. The largest absolute Gasteiger partial charge is 0.492 e. The smallest absolute Gasteiger partial charge is 0.490 e. The maximum Gasteiger partial charge on any atom is 0.490 e. The Morgan fingerprint density at radius 1 is 1.05 bits per heavy atom. The third-order valence-corrected chi connectivity index (χ3v) is 5.11. The molecular formula is C20H19ClF6N4O6. The number of carboxylic acids is 2. The number of carbonyl (C=O) groups is 2. The summed E-state index contributed by atoms with van der Waals surface area (Å²) < 4.78 is 75.2. The molecule has 2 aliphatic heterocycles. The molecule has 4 rings (SSSR count). The SMILES string of the molecule is Clc1cncc(OC[C@H]2CO[C@@H]3CN(c4ncccn4)C[C@H]23)c1.O=C(O)C(F)(F)F.O=C(O)C(F)(F)F. The summed E-state index contributed by atoms with van der Waals surface area (Å²) in [6.07, 6.45) is -3.13. The zero-order chi connectivity index (χ0) is 27.8. The Morgan fingerprint density at radius 2 is 1.62 bits per heavy atom. The Labute approximate surface area is 209 Å². The van der Waals surface area contributed by atoms with Gasteiger partial charge < -0.3 is 24.6 Å². The summed E-state index contributed by atoms with van der Waals surface area (Å²) >= 11 is 5.93. The highest BCUT2D eigenvalue weighted by atomic mass is 35.5. The molecular weight excluding hydrogens is 542 g/mol. The molecule has 0 radical (unpaired) electrons. The average molecular weight is 561 g/mol. The molecule has 0 aromatic carbocycles. The van der Waals surface area contributed by atoms with Gasteiger partial charge >= 0.3 is 24.3 Å². The van der Waals surface area contributed by atoms with Gasteiger partial charge in [0.15, 0.2) is 0 Å². The molecule has 0 spiro atoms. The summed E-state index contributed by atoms with van der Waals surface area (Å²) in [7, 11) is 0. The van der Waals surface area contributed by atoms with Crippen LogP contribution in [0.15, 0.2) is 36.9 Å². The van der Waals surface area contributed by atoms with E-state index in [1.807, 2.05) is 6.07 Å². The van der Waals surface area contributed by atoms with Crippen molar-refractivity contribution < 1.29 is 55.6 Å². The standard InChI is InChI=1S/C16H17ClN4O2.2C2HF3O2/c17-12-4-13(6-18-5-12)22-9-11-10-23-15-8-21(7-14(11)15)16-19-2-1-3-20-16;2*3-2(4,5)1(6)7/h1-6,11,14-15H,7-10H2;2*(H,6,7)/t11-,14+,15+;;/m0../s1. The lowest BCUT2D eigenvalue weighted by molar-refractivity contribution is -0.193. The Balaban J connectivity index is 0.000000286. The van der Waals surface area contributed by atoms with Crippen LogP contribution >= 0.6 is 11.6 Å². The molecule has 2 N–H and O–H groups in total. The van der Waals surface area contributed by atoms with Crippen LogP contribution in [-0.4, -0.2) is 81.9 Å². The van der Waals surface area contributed by atoms with E-state index in [-0.39, 0.29) is 6.10 Å². The molecule has 17 heteroatoms. The van der Waals surface area contributed by atoms with E-state index in [2.05, 4.69) is 19.9 Å². The number of halogens is 7. The number of ether oxygens (including phenoxy) is 2. The number of alkyl halides is 6. The molecule has 10 nitrogen and oxygen atoms in total. The lowest BCUT2D eigenvalue weighted by atomic mass is 9.94. The van der Waals surface area contributed by atoms with Crippen molar-refractivity contribution in [1.82, 2.24) is 15.0 Å². The number of aromatic nitrogens is 3. The first-order valence-electron chi connectivity index (χ1n) is 10.2. The van der Waals surface area contributed by atoms with Gasteiger partial charge in [0, 0.05) is 49.6 Å². The molecule has 0 bridgehead atoms. The summed E-state index contributed by atoms with van der Waals surface area (Å²) in [6, 6.07) is 3.60. The third-order valence-electron chi connectivity index (χ3n) is 4.90. The van der Waals surface area contributed by atoms with Crippen LogP contribution in [-0.2, 0) is 14.3 Å². The summed E-state index contributed by atoms with van der Waals surface area (Å²) in [5.41, 5.74) is 0. The second kappa shape index (κ2) is 12.7. The number of hydrogen-bond donors (Lipinski definition) is 2. The number of aliphatic carboxylic acids is 2. The van der Waals surface area contributed by atoms with Crippen LogP contribution in [0.1, 0.15) is 0 Å². The van der Waals surface area contributed by atoms with Crippen molar-refractivity contribution in [3.8, 4) is 5.75 Å². The van der Waals surface area contributed by atoms with Gasteiger partial charge in [-0.2, -0.15) is 26.3 Å². The normalized spacial score (nSPS) is 20.6. The first-order chi connectivity index (χ1) is 17.2. The number of rotatable bonds is 4. The predicted molar refractivity (Wildman–Crippen MR) is 113 cm³/mol. The third kappa shape index (κ3) is 9.53. The van der Waals surface area contributed by atoms with Crippen LogP contribution in [0.5, 0.6) is 5.75 Å². The van der Waals surface area contributed by atoms with Crippen molar-refractivity contribution in [2.75, 3.05) is 31.2 Å². The van der Waals surface area contributed by atoms with E-state index in [4.69, 9.17) is 40.9 Å². The maximum atomic E-state index is 10.6. The second-order valence-electron chi connectivity index (χ2n) is 7.51. The van der Waals surface area contributed by atoms with Gasteiger partial charge in [-0.25, -0.2) is 19.6 Å². The quantitative estimate of drug-likeness (QED) is 0.536. The van der Waals surface area contributed by atoms with E-state index < -0.39 is 24.3 Å². The molecule has 0 amide bonds. The summed E-state index contributed by atoms with van der Waals surface area (Å²) in [6.45, 7) is 3.07. The molecule has 2 fully saturated rings. The number of fused-ring (bicyclic) bond motifs is 1. The van der Waals surface area contributed by atoms with E-state index in [0.29, 0.717) is 29.2 Å². The topological polar surface area (TPSA) is 135 Å². The summed E-state index contributed by atoms with van der Waals surface area (Å²) in [4.78, 5) is 32.7. The van der Waals surface area contributed by atoms with Crippen molar-refractivity contribution in [3.05, 3.63) is 41.9 Å². The van der Waals surface area contributed by atoms with Gasteiger partial charge in [0.1, 0.15) is 5.75 Å². The van der Waals surface area contributed by atoms with Crippen molar-refractivity contribution in [2.45, 2.75) is 18.5 Å². The van der Waals surface area contributed by atoms with Gasteiger partial charge in [0.25, 0.3) is 0 Å². The van der Waals surface area contributed by atoms with Crippen molar-refractivity contribution in [2.24, 2.45) is 11.8 Å². The molecule has 37 heavy (non-hydrogen) atoms.